The van der Waals surface area contributed by atoms with Crippen LogP contribution in [0.2, 0.25) is 0 Å². The number of aromatic nitrogens is 1. The van der Waals surface area contributed by atoms with Crippen molar-refractivity contribution in [2.45, 2.75) is 19.8 Å². The quantitative estimate of drug-likeness (QED) is 0.907. The lowest BCUT2D eigenvalue weighted by molar-refractivity contribution is 0.465. The van der Waals surface area contributed by atoms with Crippen LogP contribution in [0.25, 0.3) is 0 Å². The number of anilines is 1. The maximum Gasteiger partial charge on any atom is 0.242 e. The van der Waals surface area contributed by atoms with Crippen molar-refractivity contribution in [2.24, 2.45) is 0 Å². The Hall–Kier alpha value is -2.54. The molecule has 19 heavy (non-hydrogen) atoms. The summed E-state index contributed by atoms with van der Waals surface area (Å²) >= 11 is 0. The first kappa shape index (κ1) is 12.9. The molecule has 0 radical (unpaired) electrons. The minimum atomic E-state index is 0.322. The lowest BCUT2D eigenvalue weighted by Crippen LogP contribution is -1.96. The van der Waals surface area contributed by atoms with Gasteiger partial charge in [-0.2, -0.15) is 5.26 Å². The van der Waals surface area contributed by atoms with E-state index in [0.29, 0.717) is 22.9 Å². The molecule has 0 aliphatic heterocycles. The van der Waals surface area contributed by atoms with E-state index in [2.05, 4.69) is 11.9 Å². The van der Waals surface area contributed by atoms with Gasteiger partial charge >= 0.3 is 0 Å². The third kappa shape index (κ3) is 3.23. The summed E-state index contributed by atoms with van der Waals surface area (Å²) in [6.07, 6.45) is 3.61. The number of pyridine rings is 1. The van der Waals surface area contributed by atoms with Crippen LogP contribution in [0.5, 0.6) is 11.6 Å². The third-order valence-corrected chi connectivity index (χ3v) is 2.68. The first-order valence-electron chi connectivity index (χ1n) is 6.15. The molecule has 0 saturated carbocycles. The van der Waals surface area contributed by atoms with E-state index >= 15 is 0 Å². The second-order valence-electron chi connectivity index (χ2n) is 4.23. The van der Waals surface area contributed by atoms with Crippen molar-refractivity contribution in [3.05, 3.63) is 47.7 Å². The maximum atomic E-state index is 8.74. The number of nitrogens with zero attached hydrogens (tertiary/aromatic N) is 2. The largest absolute Gasteiger partial charge is 0.437 e. The molecule has 1 aromatic heterocycles. The third-order valence-electron chi connectivity index (χ3n) is 2.68. The van der Waals surface area contributed by atoms with Crippen LogP contribution in [0.15, 0.2) is 36.5 Å². The zero-order chi connectivity index (χ0) is 13.7. The van der Waals surface area contributed by atoms with Gasteiger partial charge in [-0.1, -0.05) is 25.5 Å². The maximum absolute atomic E-state index is 8.74. The number of benzene rings is 1. The molecule has 0 fully saturated rings. The molecule has 4 heteroatoms. The van der Waals surface area contributed by atoms with Crippen molar-refractivity contribution in [3.63, 3.8) is 0 Å². The lowest BCUT2D eigenvalue weighted by atomic mass is 10.1. The summed E-state index contributed by atoms with van der Waals surface area (Å²) in [5.41, 5.74) is 7.84. The summed E-state index contributed by atoms with van der Waals surface area (Å²) in [5, 5.41) is 8.74. The predicted molar refractivity (Wildman–Crippen MR) is 73.9 cm³/mol. The van der Waals surface area contributed by atoms with Gasteiger partial charge in [0.1, 0.15) is 11.8 Å². The summed E-state index contributed by atoms with van der Waals surface area (Å²) in [6.45, 7) is 2.14. The highest BCUT2D eigenvalue weighted by atomic mass is 16.5. The smallest absolute Gasteiger partial charge is 0.242 e. The Morgan fingerprint density at radius 1 is 1.32 bits per heavy atom. The summed E-state index contributed by atoms with van der Waals surface area (Å²) in [7, 11) is 0. The Morgan fingerprint density at radius 2 is 2.05 bits per heavy atom. The molecule has 2 N–H and O–H groups in total. The van der Waals surface area contributed by atoms with E-state index in [9.17, 15) is 0 Å². The number of rotatable bonds is 4. The molecular formula is C15H15N3O. The number of nitriles is 1. The van der Waals surface area contributed by atoms with Crippen LogP contribution >= 0.6 is 0 Å². The average Bonchev–Trinajstić information content (AvgIpc) is 2.43. The van der Waals surface area contributed by atoms with E-state index in [1.54, 1.807) is 6.07 Å². The molecule has 0 amide bonds. The summed E-state index contributed by atoms with van der Waals surface area (Å²) in [6, 6.07) is 11.4. The van der Waals surface area contributed by atoms with Crippen molar-refractivity contribution in [1.29, 1.82) is 5.26 Å². The van der Waals surface area contributed by atoms with Gasteiger partial charge in [0, 0.05) is 6.20 Å². The highest BCUT2D eigenvalue weighted by molar-refractivity contribution is 5.53. The second kappa shape index (κ2) is 5.87. The topological polar surface area (TPSA) is 71.9 Å². The first-order chi connectivity index (χ1) is 9.22. The number of hydrogen-bond donors (Lipinski definition) is 1. The Bertz CT molecular complexity index is 600. The van der Waals surface area contributed by atoms with Gasteiger partial charge in [0.05, 0.1) is 11.3 Å². The van der Waals surface area contributed by atoms with Gasteiger partial charge in [-0.05, 0) is 30.2 Å². The summed E-state index contributed by atoms with van der Waals surface area (Å²) < 4.78 is 5.60. The number of hydrogen-bond acceptors (Lipinski definition) is 4. The molecule has 2 aromatic rings. The molecule has 1 heterocycles. The molecule has 2 rings (SSSR count). The van der Waals surface area contributed by atoms with Crippen molar-refractivity contribution in [3.8, 4) is 17.7 Å². The zero-order valence-electron chi connectivity index (χ0n) is 10.8. The predicted octanol–water partition coefficient (Wildman–Crippen LogP) is 3.28. The molecule has 1 aromatic carbocycles. The fraction of sp³-hybridized carbons (Fsp3) is 0.200. The highest BCUT2D eigenvalue weighted by Gasteiger charge is 2.05. The molecule has 0 spiro atoms. The molecule has 4 nitrogen and oxygen atoms in total. The van der Waals surface area contributed by atoms with Gasteiger partial charge in [-0.25, -0.2) is 4.98 Å². The minimum absolute atomic E-state index is 0.322. The molecule has 0 aliphatic rings. The van der Waals surface area contributed by atoms with Crippen molar-refractivity contribution in [1.82, 2.24) is 4.98 Å². The normalized spacial score (nSPS) is 9.89. The Morgan fingerprint density at radius 3 is 2.63 bits per heavy atom. The highest BCUT2D eigenvalue weighted by Crippen LogP contribution is 2.25. The van der Waals surface area contributed by atoms with Crippen LogP contribution in [-0.4, -0.2) is 4.98 Å². The second-order valence-corrected chi connectivity index (χ2v) is 4.23. The molecule has 0 unspecified atom stereocenters. The van der Waals surface area contributed by atoms with Crippen molar-refractivity contribution >= 4 is 5.69 Å². The van der Waals surface area contributed by atoms with Gasteiger partial charge < -0.3 is 10.5 Å². The summed E-state index contributed by atoms with van der Waals surface area (Å²) in [5.74, 6) is 1.01. The fourth-order valence-corrected chi connectivity index (χ4v) is 1.74. The van der Waals surface area contributed by atoms with E-state index in [4.69, 9.17) is 15.7 Å². The Balaban J connectivity index is 2.15. The van der Waals surface area contributed by atoms with Gasteiger partial charge in [0.15, 0.2) is 0 Å². The number of nitrogens with two attached hydrogens (primary N) is 1. The van der Waals surface area contributed by atoms with Crippen LogP contribution < -0.4 is 10.5 Å². The number of nitrogen functional groups attached to an aromatic ring is 1. The number of ether oxygens (including phenoxy) is 1. The van der Waals surface area contributed by atoms with Crippen LogP contribution in [0.1, 0.15) is 24.5 Å². The van der Waals surface area contributed by atoms with Gasteiger partial charge in [0.2, 0.25) is 5.88 Å². The van der Waals surface area contributed by atoms with Crippen molar-refractivity contribution in [2.75, 3.05) is 5.73 Å². The molecule has 0 bridgehead atoms. The van der Waals surface area contributed by atoms with E-state index in [-0.39, 0.29) is 0 Å². The van der Waals surface area contributed by atoms with E-state index in [0.717, 1.165) is 12.8 Å². The first-order valence-corrected chi connectivity index (χ1v) is 6.15. The van der Waals surface area contributed by atoms with E-state index in [1.807, 2.05) is 30.3 Å². The van der Waals surface area contributed by atoms with Crippen molar-refractivity contribution < 1.29 is 4.74 Å². The molecule has 96 valence electrons. The van der Waals surface area contributed by atoms with Crippen LogP contribution in [-0.2, 0) is 6.42 Å². The number of aryl methyl sites for hydroxylation is 1. The Kier molecular flexibility index (Phi) is 3.99. The van der Waals surface area contributed by atoms with Gasteiger partial charge in [0.25, 0.3) is 0 Å². The standard InChI is InChI=1S/C15H15N3O/c1-2-3-11-4-6-13(7-5-11)19-15-14(17)8-12(9-16)10-18-15/h4-8,10H,2-3,17H2,1H3. The van der Waals surface area contributed by atoms with Crippen LogP contribution in [0.4, 0.5) is 5.69 Å². The van der Waals surface area contributed by atoms with E-state index in [1.165, 1.54) is 11.8 Å². The lowest BCUT2D eigenvalue weighted by Gasteiger charge is -2.08. The van der Waals surface area contributed by atoms with Crippen LogP contribution in [0, 0.1) is 11.3 Å². The van der Waals surface area contributed by atoms with Crippen LogP contribution in [0.3, 0.4) is 0 Å². The monoisotopic (exact) mass is 253 g/mol. The zero-order valence-corrected chi connectivity index (χ0v) is 10.8. The minimum Gasteiger partial charge on any atom is -0.437 e. The van der Waals surface area contributed by atoms with Gasteiger partial charge in [-0.15, -0.1) is 0 Å². The molecule has 0 atom stereocenters. The Labute approximate surface area is 112 Å². The SMILES string of the molecule is CCCc1ccc(Oc2ncc(C#N)cc2N)cc1. The molecule has 0 saturated heterocycles. The van der Waals surface area contributed by atoms with Gasteiger partial charge in [-0.3, -0.25) is 0 Å². The average molecular weight is 253 g/mol. The summed E-state index contributed by atoms with van der Waals surface area (Å²) in [4.78, 5) is 4.03. The fourth-order valence-electron chi connectivity index (χ4n) is 1.74. The molecule has 0 aliphatic carbocycles. The molecular weight excluding hydrogens is 238 g/mol. The van der Waals surface area contributed by atoms with E-state index < -0.39 is 0 Å².